The van der Waals surface area contributed by atoms with Crippen LogP contribution in [0.15, 0.2) is 78.9 Å². The highest BCUT2D eigenvalue weighted by Crippen LogP contribution is 2.24. The summed E-state index contributed by atoms with van der Waals surface area (Å²) in [7, 11) is 0. The van der Waals surface area contributed by atoms with E-state index in [2.05, 4.69) is 0 Å². The van der Waals surface area contributed by atoms with Crippen LogP contribution in [0.3, 0.4) is 0 Å². The number of ketones is 1. The maximum atomic E-state index is 12.2. The van der Waals surface area contributed by atoms with Gasteiger partial charge in [0.25, 0.3) is 5.69 Å². The number of non-ortho nitro benzene ring substituents is 1. The molecule has 0 saturated heterocycles. The highest BCUT2D eigenvalue weighted by molar-refractivity contribution is 5.83. The monoisotopic (exact) mass is 347 g/mol. The number of hydrogen-bond donors (Lipinski definition) is 0. The van der Waals surface area contributed by atoms with Gasteiger partial charge in [-0.15, -0.1) is 0 Å². The standard InChI is InChI=1S/C21H17NO4/c23-19(13-16-5-2-1-3-6-16)14-17-7-4-8-21(15-17)26-20-11-9-18(10-12-20)22(24)25/h1-12,15H,13-14H2. The Bertz CT molecular complexity index is 905. The second-order valence-electron chi connectivity index (χ2n) is 5.88. The topological polar surface area (TPSA) is 69.4 Å². The van der Waals surface area contributed by atoms with Crippen molar-refractivity contribution in [3.63, 3.8) is 0 Å². The summed E-state index contributed by atoms with van der Waals surface area (Å²) >= 11 is 0. The zero-order valence-electron chi connectivity index (χ0n) is 14.0. The largest absolute Gasteiger partial charge is 0.457 e. The summed E-state index contributed by atoms with van der Waals surface area (Å²) in [4.78, 5) is 22.5. The Labute approximate surface area is 151 Å². The van der Waals surface area contributed by atoms with E-state index < -0.39 is 4.92 Å². The van der Waals surface area contributed by atoms with Crippen molar-refractivity contribution in [3.8, 4) is 11.5 Å². The summed E-state index contributed by atoms with van der Waals surface area (Å²) in [5, 5.41) is 10.7. The van der Waals surface area contributed by atoms with Gasteiger partial charge in [0.15, 0.2) is 0 Å². The van der Waals surface area contributed by atoms with Crippen molar-refractivity contribution in [2.45, 2.75) is 12.8 Å². The molecule has 0 aliphatic rings. The molecule has 3 aromatic carbocycles. The molecular weight excluding hydrogens is 330 g/mol. The lowest BCUT2D eigenvalue weighted by molar-refractivity contribution is -0.384. The van der Waals surface area contributed by atoms with E-state index in [-0.39, 0.29) is 11.5 Å². The minimum absolute atomic E-state index is 0.0117. The molecule has 0 aromatic heterocycles. The quantitative estimate of drug-likeness (QED) is 0.457. The third-order valence-corrected chi connectivity index (χ3v) is 3.83. The summed E-state index contributed by atoms with van der Waals surface area (Å²) in [6.45, 7) is 0. The zero-order chi connectivity index (χ0) is 18.4. The average Bonchev–Trinajstić information content (AvgIpc) is 2.63. The predicted octanol–water partition coefficient (Wildman–Crippen LogP) is 4.74. The molecule has 0 saturated carbocycles. The Kier molecular flexibility index (Phi) is 5.39. The Morgan fingerprint density at radius 2 is 1.46 bits per heavy atom. The van der Waals surface area contributed by atoms with E-state index in [4.69, 9.17) is 4.74 Å². The van der Waals surface area contributed by atoms with Crippen LogP contribution in [0.1, 0.15) is 11.1 Å². The fourth-order valence-corrected chi connectivity index (χ4v) is 2.60. The summed E-state index contributed by atoms with van der Waals surface area (Å²) in [6.07, 6.45) is 0.723. The lowest BCUT2D eigenvalue weighted by atomic mass is 10.0. The normalized spacial score (nSPS) is 10.3. The summed E-state index contributed by atoms with van der Waals surface area (Å²) in [6, 6.07) is 22.8. The molecule has 3 aromatic rings. The van der Waals surface area contributed by atoms with Gasteiger partial charge in [0.2, 0.25) is 0 Å². The highest BCUT2D eigenvalue weighted by atomic mass is 16.6. The number of nitrogens with zero attached hydrogens (tertiary/aromatic N) is 1. The van der Waals surface area contributed by atoms with Gasteiger partial charge in [-0.2, -0.15) is 0 Å². The van der Waals surface area contributed by atoms with Crippen LogP contribution in [-0.2, 0) is 17.6 Å². The summed E-state index contributed by atoms with van der Waals surface area (Å²) in [5.41, 5.74) is 1.87. The van der Waals surface area contributed by atoms with Gasteiger partial charge in [-0.3, -0.25) is 14.9 Å². The Hall–Kier alpha value is -3.47. The van der Waals surface area contributed by atoms with Crippen molar-refractivity contribution < 1.29 is 14.5 Å². The van der Waals surface area contributed by atoms with E-state index in [1.807, 2.05) is 48.5 Å². The second kappa shape index (κ2) is 8.07. The zero-order valence-corrected chi connectivity index (χ0v) is 14.0. The molecule has 0 aliphatic carbocycles. The van der Waals surface area contributed by atoms with Crippen LogP contribution >= 0.6 is 0 Å². The van der Waals surface area contributed by atoms with Crippen molar-refractivity contribution >= 4 is 11.5 Å². The van der Waals surface area contributed by atoms with Gasteiger partial charge < -0.3 is 4.74 Å². The summed E-state index contributed by atoms with van der Waals surface area (Å²) < 4.78 is 5.72. The molecule has 0 aliphatic heterocycles. The summed E-state index contributed by atoms with van der Waals surface area (Å²) in [5.74, 6) is 1.22. The number of carbonyl (C=O) groups is 1. The second-order valence-corrected chi connectivity index (χ2v) is 5.88. The highest BCUT2D eigenvalue weighted by Gasteiger charge is 2.08. The Morgan fingerprint density at radius 1 is 0.808 bits per heavy atom. The van der Waals surface area contributed by atoms with Gasteiger partial charge in [0.1, 0.15) is 17.3 Å². The SMILES string of the molecule is O=C(Cc1ccccc1)Cc1cccc(Oc2ccc([N+](=O)[O-])cc2)c1. The van der Waals surface area contributed by atoms with E-state index in [9.17, 15) is 14.9 Å². The smallest absolute Gasteiger partial charge is 0.269 e. The number of rotatable bonds is 7. The molecule has 0 atom stereocenters. The fourth-order valence-electron chi connectivity index (χ4n) is 2.60. The molecule has 26 heavy (non-hydrogen) atoms. The van der Waals surface area contributed by atoms with Crippen molar-refractivity contribution in [2.75, 3.05) is 0 Å². The van der Waals surface area contributed by atoms with Gasteiger partial charge in [0, 0.05) is 25.0 Å². The number of nitro benzene ring substituents is 1. The van der Waals surface area contributed by atoms with Gasteiger partial charge in [-0.25, -0.2) is 0 Å². The molecule has 0 radical (unpaired) electrons. The molecule has 5 nitrogen and oxygen atoms in total. The minimum Gasteiger partial charge on any atom is -0.457 e. The number of nitro groups is 1. The van der Waals surface area contributed by atoms with E-state index in [0.29, 0.717) is 24.3 Å². The van der Waals surface area contributed by atoms with E-state index in [1.54, 1.807) is 18.2 Å². The maximum Gasteiger partial charge on any atom is 0.269 e. The van der Waals surface area contributed by atoms with Gasteiger partial charge >= 0.3 is 0 Å². The molecule has 0 N–H and O–H groups in total. The number of carbonyl (C=O) groups excluding carboxylic acids is 1. The molecule has 0 bridgehead atoms. The van der Waals surface area contributed by atoms with Gasteiger partial charge in [-0.1, -0.05) is 42.5 Å². The van der Waals surface area contributed by atoms with Crippen molar-refractivity contribution in [2.24, 2.45) is 0 Å². The van der Waals surface area contributed by atoms with Crippen LogP contribution in [0.2, 0.25) is 0 Å². The van der Waals surface area contributed by atoms with Crippen LogP contribution in [0.25, 0.3) is 0 Å². The third-order valence-electron chi connectivity index (χ3n) is 3.83. The lowest BCUT2D eigenvalue weighted by Crippen LogP contribution is -2.06. The number of benzene rings is 3. The van der Waals surface area contributed by atoms with Crippen LogP contribution in [0.4, 0.5) is 5.69 Å². The first-order valence-corrected chi connectivity index (χ1v) is 8.17. The first-order chi connectivity index (χ1) is 12.6. The van der Waals surface area contributed by atoms with Crippen molar-refractivity contribution in [3.05, 3.63) is 100 Å². The van der Waals surface area contributed by atoms with Crippen molar-refractivity contribution in [1.29, 1.82) is 0 Å². The molecule has 3 rings (SSSR count). The van der Waals surface area contributed by atoms with E-state index in [1.165, 1.54) is 12.1 Å². The predicted molar refractivity (Wildman–Crippen MR) is 98.5 cm³/mol. The first kappa shape index (κ1) is 17.4. The van der Waals surface area contributed by atoms with Crippen LogP contribution in [0, 0.1) is 10.1 Å². The number of hydrogen-bond acceptors (Lipinski definition) is 4. The van der Waals surface area contributed by atoms with Crippen LogP contribution in [-0.4, -0.2) is 10.7 Å². The maximum absolute atomic E-state index is 12.2. The fraction of sp³-hybridized carbons (Fsp3) is 0.0952. The van der Waals surface area contributed by atoms with Crippen LogP contribution in [0.5, 0.6) is 11.5 Å². The van der Waals surface area contributed by atoms with E-state index in [0.717, 1.165) is 11.1 Å². The van der Waals surface area contributed by atoms with Crippen LogP contribution < -0.4 is 4.74 Å². The molecule has 5 heteroatoms. The van der Waals surface area contributed by atoms with Gasteiger partial charge in [-0.05, 0) is 35.4 Å². The molecule has 130 valence electrons. The minimum atomic E-state index is -0.456. The Balaban J connectivity index is 1.64. The van der Waals surface area contributed by atoms with Crippen molar-refractivity contribution in [1.82, 2.24) is 0 Å². The molecule has 0 amide bonds. The average molecular weight is 347 g/mol. The third kappa shape index (κ3) is 4.77. The lowest BCUT2D eigenvalue weighted by Gasteiger charge is -2.08. The molecule has 0 unspecified atom stereocenters. The van der Waals surface area contributed by atoms with Gasteiger partial charge in [0.05, 0.1) is 4.92 Å². The molecule has 0 spiro atoms. The number of ether oxygens (including phenoxy) is 1. The molecule has 0 fully saturated rings. The number of Topliss-reactive ketones (excluding diaryl/α,β-unsaturated/α-hetero) is 1. The Morgan fingerprint density at radius 3 is 2.15 bits per heavy atom. The first-order valence-electron chi connectivity index (χ1n) is 8.17. The molecule has 0 heterocycles. The van der Waals surface area contributed by atoms with E-state index >= 15 is 0 Å². The molecular formula is C21H17NO4.